The fourth-order valence-electron chi connectivity index (χ4n) is 5.19. The Kier molecular flexibility index (Phi) is 8.48. The predicted molar refractivity (Wildman–Crippen MR) is 152 cm³/mol. The van der Waals surface area contributed by atoms with Gasteiger partial charge in [-0.2, -0.15) is 0 Å². The maximum atomic E-state index is 12.8. The van der Waals surface area contributed by atoms with Crippen molar-refractivity contribution in [2.24, 2.45) is 11.8 Å². The standard InChI is InChI=1S/C32H36BrNO2/c1-5-22(2)23(3)18-19-32(35,26-14-10-7-11-15-26)30(24-12-8-6-9-13-24)28-21-25-20-27(33)16-17-29(25)34-31(28)36-4/h6-17,20-23,30,35H,5,18-19H2,1-4H3. The number of halogens is 1. The minimum absolute atomic E-state index is 0.365. The van der Waals surface area contributed by atoms with Crippen LogP contribution in [0, 0.1) is 11.8 Å². The van der Waals surface area contributed by atoms with E-state index in [0.29, 0.717) is 24.1 Å². The smallest absolute Gasteiger partial charge is 0.217 e. The first-order valence-electron chi connectivity index (χ1n) is 12.8. The summed E-state index contributed by atoms with van der Waals surface area (Å²) in [6, 6.07) is 28.6. The molecule has 188 valence electrons. The molecular weight excluding hydrogens is 510 g/mol. The molecule has 0 aliphatic rings. The van der Waals surface area contributed by atoms with Gasteiger partial charge in [-0.05, 0) is 60.1 Å². The van der Waals surface area contributed by atoms with Crippen LogP contribution in [-0.4, -0.2) is 17.2 Å². The highest BCUT2D eigenvalue weighted by atomic mass is 79.9. The molecule has 0 radical (unpaired) electrons. The Morgan fingerprint density at radius 3 is 2.22 bits per heavy atom. The molecule has 0 saturated heterocycles. The molecule has 1 N–H and O–H groups in total. The number of hydrogen-bond acceptors (Lipinski definition) is 3. The molecule has 0 spiro atoms. The predicted octanol–water partition coefficient (Wildman–Crippen LogP) is 8.49. The highest BCUT2D eigenvalue weighted by Crippen LogP contribution is 2.48. The van der Waals surface area contributed by atoms with Crippen molar-refractivity contribution in [3.8, 4) is 5.88 Å². The molecule has 36 heavy (non-hydrogen) atoms. The van der Waals surface area contributed by atoms with Crippen LogP contribution in [0.3, 0.4) is 0 Å². The van der Waals surface area contributed by atoms with Gasteiger partial charge in [0.05, 0.1) is 12.6 Å². The molecule has 0 saturated carbocycles. The van der Waals surface area contributed by atoms with Crippen LogP contribution in [0.15, 0.2) is 89.4 Å². The zero-order valence-electron chi connectivity index (χ0n) is 21.6. The van der Waals surface area contributed by atoms with Crippen molar-refractivity contribution >= 4 is 26.8 Å². The van der Waals surface area contributed by atoms with E-state index in [1.807, 2.05) is 60.7 Å². The van der Waals surface area contributed by atoms with E-state index >= 15 is 0 Å². The summed E-state index contributed by atoms with van der Waals surface area (Å²) in [5.41, 5.74) is 2.54. The maximum Gasteiger partial charge on any atom is 0.217 e. The van der Waals surface area contributed by atoms with E-state index in [-0.39, 0.29) is 5.92 Å². The molecule has 1 heterocycles. The number of rotatable bonds is 10. The molecule has 0 fully saturated rings. The fraction of sp³-hybridized carbons (Fsp3) is 0.344. The van der Waals surface area contributed by atoms with E-state index in [1.165, 1.54) is 0 Å². The van der Waals surface area contributed by atoms with Crippen molar-refractivity contribution in [1.82, 2.24) is 4.98 Å². The highest BCUT2D eigenvalue weighted by molar-refractivity contribution is 9.10. The molecule has 0 amide bonds. The number of nitrogens with zero attached hydrogens (tertiary/aromatic N) is 1. The number of ether oxygens (including phenoxy) is 1. The van der Waals surface area contributed by atoms with Crippen LogP contribution >= 0.6 is 15.9 Å². The van der Waals surface area contributed by atoms with Gasteiger partial charge < -0.3 is 9.84 Å². The Morgan fingerprint density at radius 1 is 0.917 bits per heavy atom. The second-order valence-electron chi connectivity index (χ2n) is 9.96. The third kappa shape index (κ3) is 5.50. The van der Waals surface area contributed by atoms with Gasteiger partial charge in [-0.15, -0.1) is 0 Å². The van der Waals surface area contributed by atoms with Crippen LogP contribution in [0.5, 0.6) is 5.88 Å². The summed E-state index contributed by atoms with van der Waals surface area (Å²) < 4.78 is 6.86. The van der Waals surface area contributed by atoms with Crippen molar-refractivity contribution in [1.29, 1.82) is 0 Å². The van der Waals surface area contributed by atoms with E-state index in [2.05, 4.69) is 61.0 Å². The Morgan fingerprint density at radius 2 is 1.58 bits per heavy atom. The first-order valence-corrected chi connectivity index (χ1v) is 13.6. The van der Waals surface area contributed by atoms with Gasteiger partial charge in [-0.1, -0.05) is 104 Å². The van der Waals surface area contributed by atoms with Crippen LogP contribution < -0.4 is 4.74 Å². The fourth-order valence-corrected chi connectivity index (χ4v) is 5.57. The largest absolute Gasteiger partial charge is 0.481 e. The lowest BCUT2D eigenvalue weighted by Crippen LogP contribution is -2.35. The SMILES string of the molecule is CCC(C)C(C)CCC(O)(c1ccccc1)C(c1ccccc1)c1cc2cc(Br)ccc2nc1OC. The Labute approximate surface area is 223 Å². The summed E-state index contributed by atoms with van der Waals surface area (Å²) in [7, 11) is 1.66. The number of benzene rings is 3. The average Bonchev–Trinajstić information content (AvgIpc) is 2.92. The number of aromatic nitrogens is 1. The summed E-state index contributed by atoms with van der Waals surface area (Å²) in [5.74, 6) is 1.27. The molecular formula is C32H36BrNO2. The molecule has 0 bridgehead atoms. The van der Waals surface area contributed by atoms with Crippen LogP contribution in [-0.2, 0) is 5.60 Å². The van der Waals surface area contributed by atoms with Crippen LogP contribution in [0.4, 0.5) is 0 Å². The molecule has 4 unspecified atom stereocenters. The molecule has 3 nitrogen and oxygen atoms in total. The number of aliphatic hydroxyl groups is 1. The molecule has 4 aromatic rings. The van der Waals surface area contributed by atoms with Crippen molar-refractivity contribution in [2.75, 3.05) is 7.11 Å². The maximum absolute atomic E-state index is 12.8. The number of fused-ring (bicyclic) bond motifs is 1. The third-order valence-corrected chi connectivity index (χ3v) is 8.25. The van der Waals surface area contributed by atoms with Crippen molar-refractivity contribution in [3.05, 3.63) is 106 Å². The van der Waals surface area contributed by atoms with Gasteiger partial charge in [-0.3, -0.25) is 0 Å². The van der Waals surface area contributed by atoms with E-state index in [1.54, 1.807) is 7.11 Å². The lowest BCUT2D eigenvalue weighted by molar-refractivity contribution is 0.00217. The van der Waals surface area contributed by atoms with E-state index < -0.39 is 5.60 Å². The third-order valence-electron chi connectivity index (χ3n) is 7.75. The number of pyridine rings is 1. The monoisotopic (exact) mass is 545 g/mol. The summed E-state index contributed by atoms with van der Waals surface area (Å²) in [6.45, 7) is 6.84. The summed E-state index contributed by atoms with van der Waals surface area (Å²) in [6.07, 6.45) is 2.67. The molecule has 4 atom stereocenters. The van der Waals surface area contributed by atoms with Gasteiger partial charge >= 0.3 is 0 Å². The Bertz CT molecular complexity index is 1280. The molecule has 1 aromatic heterocycles. The first kappa shape index (κ1) is 26.4. The Balaban J connectivity index is 1.95. The number of methoxy groups -OCH3 is 1. The van der Waals surface area contributed by atoms with Crippen LogP contribution in [0.2, 0.25) is 0 Å². The van der Waals surface area contributed by atoms with Gasteiger partial charge in [0.15, 0.2) is 0 Å². The zero-order valence-corrected chi connectivity index (χ0v) is 23.2. The zero-order chi connectivity index (χ0) is 25.7. The lowest BCUT2D eigenvalue weighted by Gasteiger charge is -2.39. The van der Waals surface area contributed by atoms with Gasteiger partial charge in [0.2, 0.25) is 5.88 Å². The highest BCUT2D eigenvalue weighted by Gasteiger charge is 2.42. The quantitative estimate of drug-likeness (QED) is 0.217. The number of hydrogen-bond donors (Lipinski definition) is 1. The van der Waals surface area contributed by atoms with Gasteiger partial charge in [0.25, 0.3) is 0 Å². The summed E-state index contributed by atoms with van der Waals surface area (Å²) in [5, 5.41) is 13.8. The minimum Gasteiger partial charge on any atom is -0.481 e. The van der Waals surface area contributed by atoms with Gasteiger partial charge in [0, 0.05) is 21.3 Å². The van der Waals surface area contributed by atoms with E-state index in [0.717, 1.165) is 44.9 Å². The second-order valence-corrected chi connectivity index (χ2v) is 10.9. The molecule has 0 aliphatic heterocycles. The summed E-state index contributed by atoms with van der Waals surface area (Å²) in [4.78, 5) is 4.87. The average molecular weight is 547 g/mol. The minimum atomic E-state index is -1.15. The van der Waals surface area contributed by atoms with Crippen molar-refractivity contribution in [2.45, 2.75) is 51.6 Å². The first-order chi connectivity index (χ1) is 17.4. The lowest BCUT2D eigenvalue weighted by atomic mass is 9.70. The van der Waals surface area contributed by atoms with Crippen LogP contribution in [0.1, 0.15) is 62.6 Å². The van der Waals surface area contributed by atoms with Crippen molar-refractivity contribution < 1.29 is 9.84 Å². The Hall–Kier alpha value is -2.69. The normalized spacial score (nSPS) is 15.7. The van der Waals surface area contributed by atoms with Gasteiger partial charge in [-0.25, -0.2) is 4.98 Å². The topological polar surface area (TPSA) is 42.4 Å². The molecule has 0 aliphatic carbocycles. The second kappa shape index (κ2) is 11.6. The molecule has 4 heteroatoms. The van der Waals surface area contributed by atoms with E-state index in [9.17, 15) is 5.11 Å². The van der Waals surface area contributed by atoms with E-state index in [4.69, 9.17) is 9.72 Å². The molecule has 3 aromatic carbocycles. The van der Waals surface area contributed by atoms with Crippen molar-refractivity contribution in [3.63, 3.8) is 0 Å². The molecule has 4 rings (SSSR count). The van der Waals surface area contributed by atoms with Gasteiger partial charge in [0.1, 0.15) is 5.60 Å². The summed E-state index contributed by atoms with van der Waals surface area (Å²) >= 11 is 3.60. The van der Waals surface area contributed by atoms with Crippen LogP contribution in [0.25, 0.3) is 10.9 Å².